The van der Waals surface area contributed by atoms with Crippen LogP contribution in [0.15, 0.2) is 164 Å². The third kappa shape index (κ3) is 4.24. The van der Waals surface area contributed by atoms with Gasteiger partial charge in [0.25, 0.3) is 0 Å². The van der Waals surface area contributed by atoms with Crippen LogP contribution in [0.3, 0.4) is 0 Å². The van der Waals surface area contributed by atoms with Gasteiger partial charge in [-0.3, -0.25) is 0 Å². The highest BCUT2D eigenvalue weighted by atomic mass is 15.1. The summed E-state index contributed by atoms with van der Waals surface area (Å²) >= 11 is 0. The number of nitrogens with zero attached hydrogens (tertiary/aromatic N) is 1. The van der Waals surface area contributed by atoms with E-state index in [9.17, 15) is 0 Å². The Balaban J connectivity index is 1.32. The van der Waals surface area contributed by atoms with Crippen LogP contribution in [0.2, 0.25) is 0 Å². The molecule has 1 nitrogen and oxygen atoms in total. The van der Waals surface area contributed by atoms with E-state index in [1.54, 1.807) is 0 Å². The average molecular weight is 564 g/mol. The lowest BCUT2D eigenvalue weighted by molar-refractivity contribution is 0.666. The van der Waals surface area contributed by atoms with Gasteiger partial charge in [-0.15, -0.1) is 0 Å². The van der Waals surface area contributed by atoms with Gasteiger partial charge in [-0.1, -0.05) is 135 Å². The zero-order valence-corrected chi connectivity index (χ0v) is 25.0. The SMILES string of the molecule is CC1(C)c2ccc(N(c3ccccc3)c3ccc(-c4ccccc4)cc3)cc2-c2cc(-c3ccccc3)c3ccccc3c21. The van der Waals surface area contributed by atoms with Gasteiger partial charge < -0.3 is 4.90 Å². The highest BCUT2D eigenvalue weighted by Crippen LogP contribution is 2.54. The van der Waals surface area contributed by atoms with Crippen LogP contribution in [-0.2, 0) is 5.41 Å². The van der Waals surface area contributed by atoms with E-state index in [1.165, 1.54) is 55.3 Å². The van der Waals surface area contributed by atoms with Gasteiger partial charge in [0.1, 0.15) is 0 Å². The maximum Gasteiger partial charge on any atom is 0.0468 e. The number of fused-ring (bicyclic) bond motifs is 5. The molecule has 0 saturated carbocycles. The standard InChI is InChI=1S/C43H33N/c1-43(2)41-27-26-35(44(33-18-10-5-11-19-33)34-24-22-31(23-25-34)30-14-6-3-7-15-30)28-39(41)40-29-38(32-16-8-4-9-17-32)36-20-12-13-21-37(36)42(40)43/h3-29H,1-2H3. The van der Waals surface area contributed by atoms with E-state index in [-0.39, 0.29) is 5.41 Å². The fourth-order valence-electron chi connectivity index (χ4n) is 7.15. The largest absolute Gasteiger partial charge is 0.310 e. The molecule has 0 radical (unpaired) electrons. The molecule has 44 heavy (non-hydrogen) atoms. The van der Waals surface area contributed by atoms with Gasteiger partial charge in [-0.2, -0.15) is 0 Å². The van der Waals surface area contributed by atoms with Gasteiger partial charge >= 0.3 is 0 Å². The average Bonchev–Trinajstić information content (AvgIpc) is 3.32. The van der Waals surface area contributed by atoms with Gasteiger partial charge in [0.15, 0.2) is 0 Å². The van der Waals surface area contributed by atoms with Gasteiger partial charge in [0.2, 0.25) is 0 Å². The molecule has 0 bridgehead atoms. The van der Waals surface area contributed by atoms with E-state index in [2.05, 4.69) is 183 Å². The first-order valence-electron chi connectivity index (χ1n) is 15.4. The van der Waals surface area contributed by atoms with Crippen LogP contribution in [0.25, 0.3) is 44.2 Å². The number of para-hydroxylation sites is 1. The lowest BCUT2D eigenvalue weighted by atomic mass is 9.79. The van der Waals surface area contributed by atoms with Crippen molar-refractivity contribution >= 4 is 27.8 Å². The second-order valence-electron chi connectivity index (χ2n) is 12.2. The highest BCUT2D eigenvalue weighted by molar-refractivity contribution is 6.06. The summed E-state index contributed by atoms with van der Waals surface area (Å²) in [6, 6.07) is 59.4. The Morgan fingerprint density at radius 3 is 1.59 bits per heavy atom. The number of rotatable bonds is 5. The topological polar surface area (TPSA) is 3.24 Å². The van der Waals surface area contributed by atoms with Crippen molar-refractivity contribution in [3.63, 3.8) is 0 Å². The third-order valence-corrected chi connectivity index (χ3v) is 9.23. The molecule has 0 heterocycles. The molecule has 0 atom stereocenters. The third-order valence-electron chi connectivity index (χ3n) is 9.23. The molecule has 0 amide bonds. The van der Waals surface area contributed by atoms with Gasteiger partial charge in [-0.25, -0.2) is 0 Å². The lowest BCUT2D eigenvalue weighted by Gasteiger charge is -2.27. The van der Waals surface area contributed by atoms with E-state index in [0.717, 1.165) is 17.1 Å². The first-order valence-corrected chi connectivity index (χ1v) is 15.4. The first-order chi connectivity index (χ1) is 21.6. The molecule has 7 aromatic rings. The summed E-state index contributed by atoms with van der Waals surface area (Å²) in [4.78, 5) is 2.37. The van der Waals surface area contributed by atoms with E-state index >= 15 is 0 Å². The summed E-state index contributed by atoms with van der Waals surface area (Å²) in [5, 5.41) is 2.64. The molecule has 1 aliphatic rings. The maximum absolute atomic E-state index is 2.44. The van der Waals surface area contributed by atoms with E-state index in [1.807, 2.05) is 0 Å². The van der Waals surface area contributed by atoms with Gasteiger partial charge in [0, 0.05) is 22.5 Å². The van der Waals surface area contributed by atoms with E-state index in [0.29, 0.717) is 0 Å². The summed E-state index contributed by atoms with van der Waals surface area (Å²) in [6.45, 7) is 4.76. The van der Waals surface area contributed by atoms with Crippen molar-refractivity contribution in [2.24, 2.45) is 0 Å². The minimum absolute atomic E-state index is 0.118. The summed E-state index contributed by atoms with van der Waals surface area (Å²) in [5.74, 6) is 0. The minimum Gasteiger partial charge on any atom is -0.310 e. The fourth-order valence-corrected chi connectivity index (χ4v) is 7.15. The second-order valence-corrected chi connectivity index (χ2v) is 12.2. The summed E-state index contributed by atoms with van der Waals surface area (Å²) in [6.07, 6.45) is 0. The Morgan fingerprint density at radius 2 is 0.909 bits per heavy atom. The van der Waals surface area contributed by atoms with Crippen molar-refractivity contribution < 1.29 is 0 Å². The zero-order chi connectivity index (χ0) is 29.7. The number of anilines is 3. The molecule has 0 fully saturated rings. The van der Waals surface area contributed by atoms with Crippen LogP contribution in [0.1, 0.15) is 25.0 Å². The molecule has 0 spiro atoms. The second kappa shape index (κ2) is 10.4. The quantitative estimate of drug-likeness (QED) is 0.201. The monoisotopic (exact) mass is 563 g/mol. The Morgan fingerprint density at radius 1 is 0.386 bits per heavy atom. The normalized spacial score (nSPS) is 13.0. The fraction of sp³-hybridized carbons (Fsp3) is 0.0698. The predicted octanol–water partition coefficient (Wildman–Crippen LogP) is 11.9. The molecule has 0 aromatic heterocycles. The summed E-state index contributed by atoms with van der Waals surface area (Å²) in [5.41, 5.74) is 13.7. The number of benzene rings is 7. The molecule has 7 aromatic carbocycles. The highest BCUT2D eigenvalue weighted by Gasteiger charge is 2.38. The Bertz CT molecular complexity index is 2110. The van der Waals surface area contributed by atoms with Crippen molar-refractivity contribution in [1.29, 1.82) is 0 Å². The van der Waals surface area contributed by atoms with Crippen molar-refractivity contribution in [2.75, 3.05) is 4.90 Å². The molecule has 0 unspecified atom stereocenters. The molecular weight excluding hydrogens is 530 g/mol. The Labute approximate surface area is 259 Å². The van der Waals surface area contributed by atoms with Crippen LogP contribution >= 0.6 is 0 Å². The van der Waals surface area contributed by atoms with Crippen LogP contribution < -0.4 is 4.90 Å². The summed E-state index contributed by atoms with van der Waals surface area (Å²) in [7, 11) is 0. The predicted molar refractivity (Wildman–Crippen MR) is 187 cm³/mol. The number of hydrogen-bond acceptors (Lipinski definition) is 1. The van der Waals surface area contributed by atoms with E-state index < -0.39 is 0 Å². The van der Waals surface area contributed by atoms with Crippen molar-refractivity contribution in [2.45, 2.75) is 19.3 Å². The molecular formula is C43H33N. The van der Waals surface area contributed by atoms with Crippen molar-refractivity contribution in [1.82, 2.24) is 0 Å². The van der Waals surface area contributed by atoms with E-state index in [4.69, 9.17) is 0 Å². The molecule has 0 aliphatic heterocycles. The van der Waals surface area contributed by atoms with Gasteiger partial charge in [0.05, 0.1) is 0 Å². The van der Waals surface area contributed by atoms with Crippen LogP contribution in [0, 0.1) is 0 Å². The Hall–Kier alpha value is -5.40. The Kier molecular flexibility index (Phi) is 6.20. The van der Waals surface area contributed by atoms with Gasteiger partial charge in [-0.05, 0) is 97.7 Å². The van der Waals surface area contributed by atoms with Crippen LogP contribution in [-0.4, -0.2) is 0 Å². The molecule has 8 rings (SSSR count). The molecule has 0 saturated heterocycles. The lowest BCUT2D eigenvalue weighted by Crippen LogP contribution is -2.16. The smallest absolute Gasteiger partial charge is 0.0468 e. The maximum atomic E-state index is 2.44. The molecule has 0 N–H and O–H groups in total. The molecule has 1 heteroatoms. The van der Waals surface area contributed by atoms with Crippen molar-refractivity contribution in [3.05, 3.63) is 175 Å². The molecule has 1 aliphatic carbocycles. The molecule has 210 valence electrons. The summed E-state index contributed by atoms with van der Waals surface area (Å²) < 4.78 is 0. The minimum atomic E-state index is -0.118. The first kappa shape index (κ1) is 26.2. The van der Waals surface area contributed by atoms with Crippen LogP contribution in [0.5, 0.6) is 0 Å². The van der Waals surface area contributed by atoms with Crippen molar-refractivity contribution in [3.8, 4) is 33.4 Å². The zero-order valence-electron chi connectivity index (χ0n) is 25.0. The van der Waals surface area contributed by atoms with Crippen LogP contribution in [0.4, 0.5) is 17.1 Å². The number of hydrogen-bond donors (Lipinski definition) is 0.